The second-order valence-corrected chi connectivity index (χ2v) is 5.84. The molecule has 1 heterocycles. The van der Waals surface area contributed by atoms with Crippen molar-refractivity contribution < 1.29 is 4.79 Å². The molecular formula is C16H23IN4O. The Morgan fingerprint density at radius 1 is 1.27 bits per heavy atom. The van der Waals surface area contributed by atoms with Crippen LogP contribution in [-0.4, -0.2) is 24.5 Å². The fraction of sp³-hybridized carbons (Fsp3) is 0.500. The van der Waals surface area contributed by atoms with Crippen LogP contribution in [0.3, 0.4) is 0 Å². The second-order valence-electron chi connectivity index (χ2n) is 5.84. The molecule has 120 valence electrons. The number of benzene rings is 1. The monoisotopic (exact) mass is 414 g/mol. The van der Waals surface area contributed by atoms with Gasteiger partial charge in [-0.15, -0.1) is 24.0 Å². The lowest BCUT2D eigenvalue weighted by Gasteiger charge is -2.21. The summed E-state index contributed by atoms with van der Waals surface area (Å²) < 4.78 is 0. The lowest BCUT2D eigenvalue weighted by molar-refractivity contribution is -0.123. The summed E-state index contributed by atoms with van der Waals surface area (Å²) in [6.07, 6.45) is 6.11. The van der Waals surface area contributed by atoms with Gasteiger partial charge in [0.25, 0.3) is 0 Å². The molecule has 0 radical (unpaired) electrons. The lowest BCUT2D eigenvalue weighted by Crippen LogP contribution is -2.41. The summed E-state index contributed by atoms with van der Waals surface area (Å²) in [7, 11) is 0. The topological polar surface area (TPSA) is 79.5 Å². The molecule has 4 N–H and O–H groups in total. The van der Waals surface area contributed by atoms with Crippen LogP contribution in [0.15, 0.2) is 23.2 Å². The van der Waals surface area contributed by atoms with Gasteiger partial charge in [-0.2, -0.15) is 0 Å². The molecule has 3 rings (SSSR count). The summed E-state index contributed by atoms with van der Waals surface area (Å²) in [4.78, 5) is 15.7. The summed E-state index contributed by atoms with van der Waals surface area (Å²) in [6, 6.07) is 6.49. The number of guanidine groups is 1. The smallest absolute Gasteiger partial charge is 0.220 e. The molecule has 6 heteroatoms. The van der Waals surface area contributed by atoms with Crippen molar-refractivity contribution in [3.63, 3.8) is 0 Å². The molecule has 0 spiro atoms. The molecule has 22 heavy (non-hydrogen) atoms. The van der Waals surface area contributed by atoms with E-state index in [0.717, 1.165) is 24.9 Å². The van der Waals surface area contributed by atoms with Crippen LogP contribution >= 0.6 is 24.0 Å². The van der Waals surface area contributed by atoms with Crippen molar-refractivity contribution >= 4 is 41.5 Å². The highest BCUT2D eigenvalue weighted by Gasteiger charge is 2.17. The third-order valence-electron chi connectivity index (χ3n) is 4.17. The Labute approximate surface area is 148 Å². The number of carbonyl (C=O) groups is 1. The molecule has 1 saturated heterocycles. The Morgan fingerprint density at radius 3 is 2.91 bits per heavy atom. The predicted octanol–water partition coefficient (Wildman–Crippen LogP) is 2.19. The third kappa shape index (κ3) is 4.34. The van der Waals surface area contributed by atoms with Gasteiger partial charge >= 0.3 is 0 Å². The first-order valence-corrected chi connectivity index (χ1v) is 7.69. The van der Waals surface area contributed by atoms with E-state index in [-0.39, 0.29) is 35.9 Å². The van der Waals surface area contributed by atoms with E-state index in [9.17, 15) is 4.79 Å². The van der Waals surface area contributed by atoms with Gasteiger partial charge in [0.2, 0.25) is 5.91 Å². The predicted molar refractivity (Wildman–Crippen MR) is 99.8 cm³/mol. The van der Waals surface area contributed by atoms with Gasteiger partial charge in [-0.25, -0.2) is 0 Å². The van der Waals surface area contributed by atoms with Crippen LogP contribution < -0.4 is 16.4 Å². The van der Waals surface area contributed by atoms with Crippen molar-refractivity contribution in [2.45, 2.75) is 44.6 Å². The van der Waals surface area contributed by atoms with E-state index in [4.69, 9.17) is 5.73 Å². The standard InChI is InChI=1S/C16H22N4O.HI/c17-16(18-10-14-5-2-6-15(21)19-14)20-13-8-7-11-3-1-4-12(11)9-13;/h7-9,14H,1-6,10H2,(H,19,21)(H3,17,18,20);1H. The van der Waals surface area contributed by atoms with Gasteiger partial charge in [-0.1, -0.05) is 6.07 Å². The first-order chi connectivity index (χ1) is 10.2. The first kappa shape index (κ1) is 17.1. The summed E-state index contributed by atoms with van der Waals surface area (Å²) in [5.41, 5.74) is 9.77. The number of amides is 1. The van der Waals surface area contributed by atoms with Crippen LogP contribution in [-0.2, 0) is 17.6 Å². The fourth-order valence-electron chi connectivity index (χ4n) is 3.06. The van der Waals surface area contributed by atoms with Crippen molar-refractivity contribution in [3.8, 4) is 0 Å². The summed E-state index contributed by atoms with van der Waals surface area (Å²) in [5.74, 6) is 0.527. The summed E-state index contributed by atoms with van der Waals surface area (Å²) >= 11 is 0. The van der Waals surface area contributed by atoms with Gasteiger partial charge in [0.1, 0.15) is 0 Å². The molecule has 1 aromatic rings. The molecule has 1 amide bonds. The average Bonchev–Trinajstić information content (AvgIpc) is 2.93. The quantitative estimate of drug-likeness (QED) is 0.403. The number of aryl methyl sites for hydroxylation is 2. The Balaban J connectivity index is 0.00000176. The molecule has 1 aliphatic carbocycles. The van der Waals surface area contributed by atoms with Gasteiger partial charge in [0.15, 0.2) is 5.96 Å². The molecule has 1 unspecified atom stereocenters. The molecule has 2 aliphatic rings. The molecule has 5 nitrogen and oxygen atoms in total. The molecule has 1 fully saturated rings. The zero-order valence-electron chi connectivity index (χ0n) is 12.6. The van der Waals surface area contributed by atoms with E-state index in [0.29, 0.717) is 18.9 Å². The van der Waals surface area contributed by atoms with Crippen LogP contribution in [0.1, 0.15) is 36.8 Å². The minimum absolute atomic E-state index is 0. The lowest BCUT2D eigenvalue weighted by atomic mass is 10.0. The Hall–Kier alpha value is -1.31. The van der Waals surface area contributed by atoms with Gasteiger partial charge < -0.3 is 16.4 Å². The number of nitrogens with one attached hydrogen (secondary N) is 2. The largest absolute Gasteiger partial charge is 0.370 e. The number of hydrogen-bond donors (Lipinski definition) is 3. The molecule has 1 atom stereocenters. The van der Waals surface area contributed by atoms with Crippen LogP contribution in [0, 0.1) is 0 Å². The van der Waals surface area contributed by atoms with Gasteiger partial charge in [0, 0.05) is 18.2 Å². The van der Waals surface area contributed by atoms with Gasteiger partial charge in [-0.3, -0.25) is 9.79 Å². The Bertz CT molecular complexity index is 573. The molecule has 0 bridgehead atoms. The van der Waals surface area contributed by atoms with E-state index in [1.54, 1.807) is 0 Å². The molecule has 1 aromatic carbocycles. The van der Waals surface area contributed by atoms with Crippen molar-refractivity contribution in [2.75, 3.05) is 11.9 Å². The summed E-state index contributed by atoms with van der Waals surface area (Å²) in [5, 5.41) is 6.08. The number of hydrogen-bond acceptors (Lipinski definition) is 2. The normalized spacial score (nSPS) is 20.8. The highest BCUT2D eigenvalue weighted by atomic mass is 127. The second kappa shape index (κ2) is 7.80. The SMILES string of the molecule is I.NC(=NCC1CCCC(=O)N1)Nc1ccc2c(c1)CCC2. The van der Waals surface area contributed by atoms with E-state index < -0.39 is 0 Å². The van der Waals surface area contributed by atoms with Crippen molar-refractivity contribution in [2.24, 2.45) is 10.7 Å². The van der Waals surface area contributed by atoms with Crippen LogP contribution in [0.5, 0.6) is 0 Å². The average molecular weight is 414 g/mol. The number of fused-ring (bicyclic) bond motifs is 1. The zero-order valence-corrected chi connectivity index (χ0v) is 14.9. The number of aliphatic imine (C=N–C) groups is 1. The first-order valence-electron chi connectivity index (χ1n) is 7.69. The van der Waals surface area contributed by atoms with E-state index in [2.05, 4.69) is 33.8 Å². The van der Waals surface area contributed by atoms with Crippen LogP contribution in [0.25, 0.3) is 0 Å². The number of rotatable bonds is 3. The molecule has 0 aromatic heterocycles. The minimum Gasteiger partial charge on any atom is -0.370 e. The Kier molecular flexibility index (Phi) is 6.05. The number of nitrogens with zero attached hydrogens (tertiary/aromatic N) is 1. The number of piperidine rings is 1. The zero-order chi connectivity index (χ0) is 14.7. The van der Waals surface area contributed by atoms with Crippen LogP contribution in [0.2, 0.25) is 0 Å². The van der Waals surface area contributed by atoms with Crippen LogP contribution in [0.4, 0.5) is 5.69 Å². The van der Waals surface area contributed by atoms with Crippen molar-refractivity contribution in [3.05, 3.63) is 29.3 Å². The molecular weight excluding hydrogens is 391 g/mol. The van der Waals surface area contributed by atoms with Crippen molar-refractivity contribution in [1.82, 2.24) is 5.32 Å². The molecule has 1 aliphatic heterocycles. The number of halogens is 1. The highest BCUT2D eigenvalue weighted by molar-refractivity contribution is 14.0. The van der Waals surface area contributed by atoms with Gasteiger partial charge in [0.05, 0.1) is 6.54 Å². The number of carbonyl (C=O) groups excluding carboxylic acids is 1. The van der Waals surface area contributed by atoms with Gasteiger partial charge in [-0.05, 0) is 55.4 Å². The maximum absolute atomic E-state index is 11.3. The Morgan fingerprint density at radius 2 is 2.09 bits per heavy atom. The molecule has 0 saturated carbocycles. The number of nitrogens with two attached hydrogens (primary N) is 1. The maximum atomic E-state index is 11.3. The van der Waals surface area contributed by atoms with E-state index in [1.807, 2.05) is 0 Å². The number of anilines is 1. The highest BCUT2D eigenvalue weighted by Crippen LogP contribution is 2.24. The minimum atomic E-state index is 0. The third-order valence-corrected chi connectivity index (χ3v) is 4.17. The summed E-state index contributed by atoms with van der Waals surface area (Å²) in [6.45, 7) is 0.537. The fourth-order valence-corrected chi connectivity index (χ4v) is 3.06. The van der Waals surface area contributed by atoms with E-state index in [1.165, 1.54) is 24.0 Å². The van der Waals surface area contributed by atoms with Crippen molar-refractivity contribution in [1.29, 1.82) is 0 Å². The maximum Gasteiger partial charge on any atom is 0.220 e. The van der Waals surface area contributed by atoms with E-state index >= 15 is 0 Å².